The number of fused-ring (bicyclic) bond motifs is 1. The van der Waals surface area contributed by atoms with Gasteiger partial charge in [-0.25, -0.2) is 0 Å². The normalized spacial score (nSPS) is 22.7. The highest BCUT2D eigenvalue weighted by molar-refractivity contribution is 5.98. The molecule has 0 bridgehead atoms. The molecular weight excluding hydrogens is 364 g/mol. The standard InChI is InChI=1S/C21H24N2O3.ClH/c1-25-17-9-14-7-8-26-19(14)18(10-17)20(24)23-16-11-21(12-16,13-22)15-5-3-2-4-6-15;/h2-6,9-10,16H,7-8,11-13,22H2,1H3,(H,23,24);1H. The fourth-order valence-corrected chi connectivity index (χ4v) is 4.13. The van der Waals surface area contributed by atoms with Gasteiger partial charge >= 0.3 is 0 Å². The van der Waals surface area contributed by atoms with Crippen molar-refractivity contribution in [2.75, 3.05) is 20.3 Å². The average Bonchev–Trinajstić information content (AvgIpc) is 3.12. The van der Waals surface area contributed by atoms with Crippen molar-refractivity contribution in [3.05, 3.63) is 59.2 Å². The first-order chi connectivity index (χ1) is 12.6. The number of carbonyl (C=O) groups excluding carboxylic acids is 1. The fourth-order valence-electron chi connectivity index (χ4n) is 4.13. The third-order valence-corrected chi connectivity index (χ3v) is 5.62. The van der Waals surface area contributed by atoms with Crippen LogP contribution >= 0.6 is 12.4 Å². The molecule has 0 radical (unpaired) electrons. The molecule has 1 saturated carbocycles. The van der Waals surface area contributed by atoms with Crippen molar-refractivity contribution in [3.63, 3.8) is 0 Å². The van der Waals surface area contributed by atoms with Crippen molar-refractivity contribution in [3.8, 4) is 11.5 Å². The summed E-state index contributed by atoms with van der Waals surface area (Å²) in [5, 5.41) is 3.14. The third-order valence-electron chi connectivity index (χ3n) is 5.62. The highest BCUT2D eigenvalue weighted by atomic mass is 35.5. The van der Waals surface area contributed by atoms with E-state index in [2.05, 4.69) is 17.4 Å². The van der Waals surface area contributed by atoms with E-state index >= 15 is 0 Å². The number of carbonyl (C=O) groups is 1. The third kappa shape index (κ3) is 3.49. The molecule has 2 aromatic carbocycles. The summed E-state index contributed by atoms with van der Waals surface area (Å²) in [7, 11) is 1.61. The Balaban J connectivity index is 0.00000210. The van der Waals surface area contributed by atoms with Crippen LogP contribution in [0.25, 0.3) is 0 Å². The Morgan fingerprint density at radius 3 is 2.70 bits per heavy atom. The van der Waals surface area contributed by atoms with Gasteiger partial charge < -0.3 is 20.5 Å². The Kier molecular flexibility index (Phi) is 5.63. The quantitative estimate of drug-likeness (QED) is 0.826. The molecule has 5 nitrogen and oxygen atoms in total. The summed E-state index contributed by atoms with van der Waals surface area (Å²) < 4.78 is 11.0. The summed E-state index contributed by atoms with van der Waals surface area (Å²) in [6, 6.07) is 14.1. The lowest BCUT2D eigenvalue weighted by Gasteiger charge is -2.48. The van der Waals surface area contributed by atoms with E-state index in [1.807, 2.05) is 24.3 Å². The molecule has 0 saturated heterocycles. The highest BCUT2D eigenvalue weighted by Crippen LogP contribution is 2.43. The number of rotatable bonds is 5. The van der Waals surface area contributed by atoms with Crippen molar-refractivity contribution in [2.24, 2.45) is 5.73 Å². The Hall–Kier alpha value is -2.24. The van der Waals surface area contributed by atoms with Crippen molar-refractivity contribution in [1.29, 1.82) is 0 Å². The molecule has 0 spiro atoms. The average molecular weight is 389 g/mol. The van der Waals surface area contributed by atoms with Gasteiger partial charge in [-0.05, 0) is 30.5 Å². The summed E-state index contributed by atoms with van der Waals surface area (Å²) in [6.07, 6.45) is 2.51. The van der Waals surface area contributed by atoms with Crippen LogP contribution in [0.5, 0.6) is 11.5 Å². The minimum Gasteiger partial charge on any atom is -0.497 e. The van der Waals surface area contributed by atoms with Crippen molar-refractivity contribution >= 4 is 18.3 Å². The first-order valence-electron chi connectivity index (χ1n) is 9.05. The van der Waals surface area contributed by atoms with Gasteiger partial charge in [0.1, 0.15) is 11.5 Å². The van der Waals surface area contributed by atoms with E-state index in [-0.39, 0.29) is 29.8 Å². The van der Waals surface area contributed by atoms with Gasteiger partial charge in [0.25, 0.3) is 5.91 Å². The van der Waals surface area contributed by atoms with E-state index in [1.54, 1.807) is 13.2 Å². The van der Waals surface area contributed by atoms with Crippen molar-refractivity contribution in [1.82, 2.24) is 5.32 Å². The van der Waals surface area contributed by atoms with Crippen LogP contribution < -0.4 is 20.5 Å². The SMILES string of the molecule is COc1cc2c(c(C(=O)NC3CC(CN)(c4ccccc4)C3)c1)OCC2.Cl. The molecule has 1 heterocycles. The van der Waals surface area contributed by atoms with Crippen LogP contribution in [0.15, 0.2) is 42.5 Å². The van der Waals surface area contributed by atoms with Crippen LogP contribution in [0.2, 0.25) is 0 Å². The number of hydrogen-bond acceptors (Lipinski definition) is 4. The molecule has 0 aromatic heterocycles. The molecule has 1 aliphatic heterocycles. The van der Waals surface area contributed by atoms with Gasteiger partial charge in [-0.2, -0.15) is 0 Å². The molecule has 27 heavy (non-hydrogen) atoms. The Labute approximate surface area is 165 Å². The maximum Gasteiger partial charge on any atom is 0.255 e. The van der Waals surface area contributed by atoms with E-state index in [0.717, 1.165) is 24.8 Å². The lowest BCUT2D eigenvalue weighted by molar-refractivity contribution is 0.0863. The van der Waals surface area contributed by atoms with Gasteiger partial charge in [0.15, 0.2) is 0 Å². The maximum atomic E-state index is 12.8. The topological polar surface area (TPSA) is 73.6 Å². The van der Waals surface area contributed by atoms with Gasteiger partial charge in [0.05, 0.1) is 19.3 Å². The first-order valence-corrected chi connectivity index (χ1v) is 9.05. The second-order valence-electron chi connectivity index (χ2n) is 7.19. The largest absolute Gasteiger partial charge is 0.497 e. The monoisotopic (exact) mass is 388 g/mol. The smallest absolute Gasteiger partial charge is 0.255 e. The number of halogens is 1. The predicted molar refractivity (Wildman–Crippen MR) is 107 cm³/mol. The molecule has 2 aliphatic rings. The number of benzene rings is 2. The number of nitrogens with two attached hydrogens (primary N) is 1. The Morgan fingerprint density at radius 1 is 1.30 bits per heavy atom. The van der Waals surface area contributed by atoms with Gasteiger partial charge in [-0.15, -0.1) is 12.4 Å². The molecule has 144 valence electrons. The zero-order valence-electron chi connectivity index (χ0n) is 15.4. The minimum absolute atomic E-state index is 0. The van der Waals surface area contributed by atoms with Crippen LogP contribution in [0, 0.1) is 0 Å². The lowest BCUT2D eigenvalue weighted by Crippen LogP contribution is -2.56. The van der Waals surface area contributed by atoms with Crippen LogP contribution in [-0.2, 0) is 11.8 Å². The minimum atomic E-state index is -0.106. The number of ether oxygens (including phenoxy) is 2. The van der Waals surface area contributed by atoms with E-state index in [9.17, 15) is 4.79 Å². The molecule has 1 fully saturated rings. The predicted octanol–water partition coefficient (Wildman–Crippen LogP) is 2.84. The van der Waals surface area contributed by atoms with Gasteiger partial charge in [0, 0.05) is 30.0 Å². The second kappa shape index (κ2) is 7.79. The summed E-state index contributed by atoms with van der Waals surface area (Å²) in [4.78, 5) is 12.8. The van der Waals surface area contributed by atoms with Crippen LogP contribution in [0.4, 0.5) is 0 Å². The van der Waals surface area contributed by atoms with Crippen LogP contribution in [-0.4, -0.2) is 32.2 Å². The summed E-state index contributed by atoms with van der Waals surface area (Å²) >= 11 is 0. The summed E-state index contributed by atoms with van der Waals surface area (Å²) in [6.45, 7) is 1.19. The van der Waals surface area contributed by atoms with Crippen molar-refractivity contribution < 1.29 is 14.3 Å². The molecule has 0 atom stereocenters. The molecule has 6 heteroatoms. The number of amides is 1. The first kappa shape index (κ1) is 19.5. The molecule has 0 unspecified atom stereocenters. The van der Waals surface area contributed by atoms with E-state index < -0.39 is 0 Å². The number of methoxy groups -OCH3 is 1. The van der Waals surface area contributed by atoms with Crippen LogP contribution in [0.1, 0.15) is 34.3 Å². The summed E-state index contributed by atoms with van der Waals surface area (Å²) in [5.74, 6) is 1.27. The number of hydrogen-bond donors (Lipinski definition) is 2. The molecule has 2 aromatic rings. The Bertz CT molecular complexity index is 820. The second-order valence-corrected chi connectivity index (χ2v) is 7.19. The zero-order valence-corrected chi connectivity index (χ0v) is 16.2. The van der Waals surface area contributed by atoms with Crippen LogP contribution in [0.3, 0.4) is 0 Å². The molecule has 3 N–H and O–H groups in total. The maximum absolute atomic E-state index is 12.8. The van der Waals surface area contributed by atoms with E-state index in [4.69, 9.17) is 15.2 Å². The zero-order chi connectivity index (χ0) is 18.1. The lowest BCUT2D eigenvalue weighted by atomic mass is 9.61. The van der Waals surface area contributed by atoms with Gasteiger partial charge in [-0.3, -0.25) is 4.79 Å². The molecule has 1 amide bonds. The number of nitrogens with one attached hydrogen (secondary N) is 1. The van der Waals surface area contributed by atoms with Gasteiger partial charge in [-0.1, -0.05) is 30.3 Å². The van der Waals surface area contributed by atoms with Gasteiger partial charge in [0.2, 0.25) is 0 Å². The molecular formula is C21H25ClN2O3. The highest BCUT2D eigenvalue weighted by Gasteiger charge is 2.45. The molecule has 1 aliphatic carbocycles. The molecule has 4 rings (SSSR count). The van der Waals surface area contributed by atoms with E-state index in [1.165, 1.54) is 5.56 Å². The van der Waals surface area contributed by atoms with Crippen molar-refractivity contribution in [2.45, 2.75) is 30.7 Å². The fraction of sp³-hybridized carbons (Fsp3) is 0.381. The van der Waals surface area contributed by atoms with E-state index in [0.29, 0.717) is 30.2 Å². The summed E-state index contributed by atoms with van der Waals surface area (Å²) in [5.41, 5.74) is 8.87. The Morgan fingerprint density at radius 2 is 2.04 bits per heavy atom.